The molecule has 3 nitrogen and oxygen atoms in total. The van der Waals surface area contributed by atoms with E-state index in [0.717, 1.165) is 12.1 Å². The summed E-state index contributed by atoms with van der Waals surface area (Å²) in [6, 6.07) is 6.56. The number of nitrogens with zero attached hydrogens (tertiary/aromatic N) is 2. The first-order valence-corrected chi connectivity index (χ1v) is 6.33. The second kappa shape index (κ2) is 5.63. The maximum Gasteiger partial charge on any atom is 0.0806 e. The largest absolute Gasteiger partial charge is 0.376 e. The van der Waals surface area contributed by atoms with Gasteiger partial charge >= 0.3 is 0 Å². The van der Waals surface area contributed by atoms with Crippen molar-refractivity contribution in [2.45, 2.75) is 33.2 Å². The summed E-state index contributed by atoms with van der Waals surface area (Å²) in [6.45, 7) is 6.41. The molecule has 0 saturated heterocycles. The van der Waals surface area contributed by atoms with E-state index in [-0.39, 0.29) is 6.04 Å². The Kier molecular flexibility index (Phi) is 3.92. The van der Waals surface area contributed by atoms with E-state index in [9.17, 15) is 0 Å². The van der Waals surface area contributed by atoms with Crippen LogP contribution in [0.15, 0.2) is 36.8 Å². The van der Waals surface area contributed by atoms with Crippen molar-refractivity contribution < 1.29 is 0 Å². The highest BCUT2D eigenvalue weighted by molar-refractivity contribution is 5.58. The third-order valence-corrected chi connectivity index (χ3v) is 3.13. The van der Waals surface area contributed by atoms with Crippen molar-refractivity contribution in [2.75, 3.05) is 5.32 Å². The van der Waals surface area contributed by atoms with Crippen LogP contribution < -0.4 is 5.32 Å². The van der Waals surface area contributed by atoms with Crippen molar-refractivity contribution in [1.82, 2.24) is 9.97 Å². The fourth-order valence-corrected chi connectivity index (χ4v) is 2.05. The molecule has 2 aromatic rings. The van der Waals surface area contributed by atoms with Crippen LogP contribution in [-0.4, -0.2) is 9.97 Å². The Morgan fingerprint density at radius 2 is 2.11 bits per heavy atom. The minimum atomic E-state index is 0.157. The van der Waals surface area contributed by atoms with Crippen LogP contribution in [0.3, 0.4) is 0 Å². The van der Waals surface area contributed by atoms with E-state index >= 15 is 0 Å². The number of aromatic nitrogens is 2. The molecule has 0 aliphatic heterocycles. The van der Waals surface area contributed by atoms with E-state index in [1.54, 1.807) is 12.4 Å². The van der Waals surface area contributed by atoms with Gasteiger partial charge in [0.25, 0.3) is 0 Å². The Bertz CT molecular complexity index is 508. The molecule has 1 atom stereocenters. The van der Waals surface area contributed by atoms with E-state index in [2.05, 4.69) is 54.3 Å². The first-order chi connectivity index (χ1) is 8.72. The number of rotatable bonds is 4. The number of aryl methyl sites for hydroxylation is 2. The highest BCUT2D eigenvalue weighted by Crippen LogP contribution is 2.25. The number of anilines is 1. The average molecular weight is 241 g/mol. The van der Waals surface area contributed by atoms with Crippen LogP contribution in [0.25, 0.3) is 0 Å². The summed E-state index contributed by atoms with van der Waals surface area (Å²) < 4.78 is 0. The molecule has 94 valence electrons. The zero-order valence-corrected chi connectivity index (χ0v) is 11.1. The van der Waals surface area contributed by atoms with Crippen molar-refractivity contribution in [3.05, 3.63) is 53.6 Å². The lowest BCUT2D eigenvalue weighted by Crippen LogP contribution is -2.11. The first-order valence-electron chi connectivity index (χ1n) is 6.33. The summed E-state index contributed by atoms with van der Waals surface area (Å²) in [5.74, 6) is 0. The molecule has 0 radical (unpaired) electrons. The molecule has 1 unspecified atom stereocenters. The molecule has 0 aliphatic carbocycles. The molecule has 0 fully saturated rings. The standard InChI is InChI=1S/C15H19N3/c1-4-13-7-5-6-11(2)15(13)18-12(3)14-10-16-8-9-17-14/h5-10,12,18H,4H2,1-3H3. The van der Waals surface area contributed by atoms with E-state index in [4.69, 9.17) is 0 Å². The van der Waals surface area contributed by atoms with E-state index in [0.29, 0.717) is 0 Å². The van der Waals surface area contributed by atoms with E-state index in [1.807, 2.05) is 6.20 Å². The van der Waals surface area contributed by atoms with Gasteiger partial charge in [0, 0.05) is 18.1 Å². The zero-order valence-electron chi connectivity index (χ0n) is 11.1. The molecule has 0 saturated carbocycles. The van der Waals surface area contributed by atoms with E-state index in [1.165, 1.54) is 16.8 Å². The number of hydrogen-bond acceptors (Lipinski definition) is 3. The summed E-state index contributed by atoms with van der Waals surface area (Å²) in [4.78, 5) is 8.44. The smallest absolute Gasteiger partial charge is 0.0806 e. The van der Waals surface area contributed by atoms with Gasteiger partial charge in [-0.15, -0.1) is 0 Å². The fourth-order valence-electron chi connectivity index (χ4n) is 2.05. The monoisotopic (exact) mass is 241 g/mol. The van der Waals surface area contributed by atoms with Gasteiger partial charge in [0.05, 0.1) is 17.9 Å². The Hall–Kier alpha value is -1.90. The van der Waals surface area contributed by atoms with Crippen LogP contribution in [0.2, 0.25) is 0 Å². The third-order valence-electron chi connectivity index (χ3n) is 3.13. The number of nitrogens with one attached hydrogen (secondary N) is 1. The second-order valence-corrected chi connectivity index (χ2v) is 4.46. The summed E-state index contributed by atoms with van der Waals surface area (Å²) in [6.07, 6.45) is 6.26. The fraction of sp³-hybridized carbons (Fsp3) is 0.333. The van der Waals surface area contributed by atoms with Crippen LogP contribution in [0.1, 0.15) is 36.7 Å². The highest BCUT2D eigenvalue weighted by Gasteiger charge is 2.10. The summed E-state index contributed by atoms with van der Waals surface area (Å²) in [7, 11) is 0. The molecule has 2 rings (SSSR count). The SMILES string of the molecule is CCc1cccc(C)c1NC(C)c1cnccn1. The Labute approximate surface area is 108 Å². The molecular formula is C15H19N3. The van der Waals surface area contributed by atoms with Gasteiger partial charge in [-0.25, -0.2) is 0 Å². The third kappa shape index (κ3) is 2.67. The van der Waals surface area contributed by atoms with Gasteiger partial charge in [0.1, 0.15) is 0 Å². The van der Waals surface area contributed by atoms with Crippen LogP contribution in [0.4, 0.5) is 5.69 Å². The maximum absolute atomic E-state index is 4.33. The van der Waals surface area contributed by atoms with Crippen molar-refractivity contribution in [3.8, 4) is 0 Å². The van der Waals surface area contributed by atoms with Crippen molar-refractivity contribution in [1.29, 1.82) is 0 Å². The van der Waals surface area contributed by atoms with Gasteiger partial charge in [-0.2, -0.15) is 0 Å². The van der Waals surface area contributed by atoms with Crippen LogP contribution in [0, 0.1) is 6.92 Å². The highest BCUT2D eigenvalue weighted by atomic mass is 15.0. The van der Waals surface area contributed by atoms with Crippen molar-refractivity contribution in [2.24, 2.45) is 0 Å². The van der Waals surface area contributed by atoms with Crippen LogP contribution in [-0.2, 0) is 6.42 Å². The van der Waals surface area contributed by atoms with Crippen LogP contribution >= 0.6 is 0 Å². The molecule has 0 aliphatic rings. The quantitative estimate of drug-likeness (QED) is 0.890. The lowest BCUT2D eigenvalue weighted by atomic mass is 10.0. The van der Waals surface area contributed by atoms with Crippen molar-refractivity contribution in [3.63, 3.8) is 0 Å². The molecule has 1 aromatic heterocycles. The first kappa shape index (κ1) is 12.6. The Morgan fingerprint density at radius 3 is 2.78 bits per heavy atom. The summed E-state index contributed by atoms with van der Waals surface area (Å²) >= 11 is 0. The topological polar surface area (TPSA) is 37.8 Å². The Morgan fingerprint density at radius 1 is 1.28 bits per heavy atom. The molecule has 1 heterocycles. The normalized spacial score (nSPS) is 12.2. The summed E-state index contributed by atoms with van der Waals surface area (Å²) in [5.41, 5.74) is 4.79. The van der Waals surface area contributed by atoms with Gasteiger partial charge in [-0.1, -0.05) is 25.1 Å². The number of para-hydroxylation sites is 1. The molecular weight excluding hydrogens is 222 g/mol. The molecule has 1 aromatic carbocycles. The van der Waals surface area contributed by atoms with Gasteiger partial charge in [-0.3, -0.25) is 9.97 Å². The second-order valence-electron chi connectivity index (χ2n) is 4.46. The maximum atomic E-state index is 4.33. The van der Waals surface area contributed by atoms with Gasteiger partial charge in [0.2, 0.25) is 0 Å². The van der Waals surface area contributed by atoms with Gasteiger partial charge < -0.3 is 5.32 Å². The van der Waals surface area contributed by atoms with Crippen molar-refractivity contribution >= 4 is 5.69 Å². The molecule has 0 amide bonds. The van der Waals surface area contributed by atoms with E-state index < -0.39 is 0 Å². The average Bonchev–Trinajstić information content (AvgIpc) is 2.42. The molecule has 0 bridgehead atoms. The van der Waals surface area contributed by atoms with Gasteiger partial charge in [-0.05, 0) is 31.4 Å². The predicted molar refractivity (Wildman–Crippen MR) is 74.6 cm³/mol. The number of benzene rings is 1. The van der Waals surface area contributed by atoms with Gasteiger partial charge in [0.15, 0.2) is 0 Å². The Balaban J connectivity index is 2.24. The minimum absolute atomic E-state index is 0.157. The predicted octanol–water partition coefficient (Wildman–Crippen LogP) is 3.52. The molecule has 1 N–H and O–H groups in total. The number of hydrogen-bond donors (Lipinski definition) is 1. The molecule has 0 spiro atoms. The lowest BCUT2D eigenvalue weighted by molar-refractivity contribution is 0.823. The molecule has 18 heavy (non-hydrogen) atoms. The molecule has 3 heteroatoms. The minimum Gasteiger partial charge on any atom is -0.376 e. The lowest BCUT2D eigenvalue weighted by Gasteiger charge is -2.19. The summed E-state index contributed by atoms with van der Waals surface area (Å²) in [5, 5.41) is 3.54. The zero-order chi connectivity index (χ0) is 13.0. The van der Waals surface area contributed by atoms with Crippen LogP contribution in [0.5, 0.6) is 0 Å².